The molecule has 4 rings (SSSR count). The zero-order chi connectivity index (χ0) is 18.8. The van der Waals surface area contributed by atoms with Gasteiger partial charge >= 0.3 is 0 Å². The fourth-order valence-electron chi connectivity index (χ4n) is 2.68. The third kappa shape index (κ3) is 3.12. The van der Waals surface area contributed by atoms with Crippen molar-refractivity contribution in [3.8, 4) is 23.3 Å². The van der Waals surface area contributed by atoms with Crippen LogP contribution in [0.1, 0.15) is 21.7 Å². The largest absolute Gasteiger partial charge is 0.443 e. The van der Waals surface area contributed by atoms with Gasteiger partial charge in [0.25, 0.3) is 5.91 Å². The quantitative estimate of drug-likeness (QED) is 0.581. The monoisotopic (exact) mass is 375 g/mol. The van der Waals surface area contributed by atoms with E-state index in [9.17, 15) is 10.1 Å². The van der Waals surface area contributed by atoms with Gasteiger partial charge in [-0.05, 0) is 31.2 Å². The molecule has 0 fully saturated rings. The van der Waals surface area contributed by atoms with Crippen molar-refractivity contribution in [2.45, 2.75) is 6.92 Å². The average Bonchev–Trinajstić information content (AvgIpc) is 3.41. The maximum Gasteiger partial charge on any atom is 0.262 e. The number of aryl methyl sites for hydroxylation is 1. The molecule has 1 amide bonds. The van der Waals surface area contributed by atoms with E-state index in [-0.39, 0.29) is 11.1 Å². The van der Waals surface area contributed by atoms with Crippen molar-refractivity contribution in [1.29, 1.82) is 5.26 Å². The number of thiazole rings is 1. The number of amides is 1. The maximum atomic E-state index is 12.8. The van der Waals surface area contributed by atoms with Crippen LogP contribution in [0.4, 0.5) is 5.13 Å². The Bertz CT molecular complexity index is 1140. The van der Waals surface area contributed by atoms with Crippen LogP contribution in [0, 0.1) is 18.3 Å². The number of nitriles is 1. The molecule has 4 aromatic heterocycles. The van der Waals surface area contributed by atoms with E-state index in [1.54, 1.807) is 30.1 Å². The third-order valence-corrected chi connectivity index (χ3v) is 4.65. The summed E-state index contributed by atoms with van der Waals surface area (Å²) in [6.45, 7) is 1.66. The number of hydrogen-bond acceptors (Lipinski definition) is 6. The number of hydrogen-bond donors (Lipinski definition) is 1. The summed E-state index contributed by atoms with van der Waals surface area (Å²) in [5, 5.41) is 14.5. The van der Waals surface area contributed by atoms with E-state index in [4.69, 9.17) is 4.42 Å². The standard InChI is InChI=1S/C19H13N5O2S/c1-12-16(13(10-20)18(26-12)24-8-4-5-9-24)17(25)23-19-22-15(11-27-19)14-6-2-3-7-21-14/h2-9,11H,1H3,(H,22,23,25). The van der Waals surface area contributed by atoms with Gasteiger partial charge in [-0.1, -0.05) is 6.07 Å². The highest BCUT2D eigenvalue weighted by Crippen LogP contribution is 2.28. The van der Waals surface area contributed by atoms with Gasteiger partial charge < -0.3 is 4.42 Å². The lowest BCUT2D eigenvalue weighted by molar-refractivity contribution is 0.102. The highest BCUT2D eigenvalue weighted by Gasteiger charge is 2.25. The summed E-state index contributed by atoms with van der Waals surface area (Å²) in [6.07, 6.45) is 5.19. The minimum Gasteiger partial charge on any atom is -0.443 e. The van der Waals surface area contributed by atoms with Crippen LogP contribution in [0.15, 0.2) is 58.7 Å². The predicted octanol–water partition coefficient (Wildman–Crippen LogP) is 4.02. The Kier molecular flexibility index (Phi) is 4.28. The minimum absolute atomic E-state index is 0.183. The molecule has 7 nitrogen and oxygen atoms in total. The fraction of sp³-hybridized carbons (Fsp3) is 0.0526. The predicted molar refractivity (Wildman–Crippen MR) is 101 cm³/mol. The summed E-state index contributed by atoms with van der Waals surface area (Å²) in [6, 6.07) is 11.2. The van der Waals surface area contributed by atoms with Gasteiger partial charge in [-0.25, -0.2) is 4.98 Å². The molecule has 0 atom stereocenters. The van der Waals surface area contributed by atoms with Gasteiger partial charge in [0, 0.05) is 24.0 Å². The lowest BCUT2D eigenvalue weighted by atomic mass is 10.1. The zero-order valence-electron chi connectivity index (χ0n) is 14.2. The van der Waals surface area contributed by atoms with Gasteiger partial charge in [0.2, 0.25) is 5.88 Å². The Hall–Kier alpha value is -3.70. The van der Waals surface area contributed by atoms with Gasteiger partial charge in [0.15, 0.2) is 5.13 Å². The fourth-order valence-corrected chi connectivity index (χ4v) is 3.38. The molecule has 1 N–H and O–H groups in total. The van der Waals surface area contributed by atoms with E-state index in [2.05, 4.69) is 21.4 Å². The van der Waals surface area contributed by atoms with Crippen molar-refractivity contribution in [2.75, 3.05) is 5.32 Å². The van der Waals surface area contributed by atoms with Crippen LogP contribution in [0.3, 0.4) is 0 Å². The van der Waals surface area contributed by atoms with Gasteiger partial charge in [-0.3, -0.25) is 19.7 Å². The Morgan fingerprint density at radius 3 is 2.78 bits per heavy atom. The van der Waals surface area contributed by atoms with Crippen LogP contribution >= 0.6 is 11.3 Å². The number of anilines is 1. The van der Waals surface area contributed by atoms with Crippen LogP contribution in [-0.4, -0.2) is 20.4 Å². The van der Waals surface area contributed by atoms with Crippen LogP contribution in [0.2, 0.25) is 0 Å². The van der Waals surface area contributed by atoms with Crippen LogP contribution < -0.4 is 5.32 Å². The molecule has 0 spiro atoms. The van der Waals surface area contributed by atoms with E-state index in [1.807, 2.05) is 35.7 Å². The second kappa shape index (κ2) is 6.90. The molecule has 0 aliphatic rings. The van der Waals surface area contributed by atoms with Crippen molar-refractivity contribution >= 4 is 22.4 Å². The number of aromatic nitrogens is 3. The molecule has 0 aliphatic heterocycles. The summed E-state index contributed by atoms with van der Waals surface area (Å²) in [4.78, 5) is 21.4. The Balaban J connectivity index is 1.63. The first-order chi connectivity index (χ1) is 13.2. The first-order valence-electron chi connectivity index (χ1n) is 8.02. The molecule has 4 aromatic rings. The number of carbonyl (C=O) groups excluding carboxylic acids is 1. The molecular formula is C19H13N5O2S. The highest BCUT2D eigenvalue weighted by atomic mass is 32.1. The van der Waals surface area contributed by atoms with E-state index in [0.717, 1.165) is 5.69 Å². The van der Waals surface area contributed by atoms with Crippen molar-refractivity contribution in [2.24, 2.45) is 0 Å². The SMILES string of the molecule is Cc1oc(-n2cccc2)c(C#N)c1C(=O)Nc1nc(-c2ccccn2)cs1. The molecule has 0 bridgehead atoms. The molecule has 8 heteroatoms. The van der Waals surface area contributed by atoms with E-state index < -0.39 is 5.91 Å². The summed E-state index contributed by atoms with van der Waals surface area (Å²) < 4.78 is 7.32. The van der Waals surface area contributed by atoms with Gasteiger partial charge in [0.05, 0.1) is 5.69 Å². The molecule has 0 aliphatic carbocycles. The normalized spacial score (nSPS) is 10.5. The van der Waals surface area contributed by atoms with E-state index in [0.29, 0.717) is 22.5 Å². The number of furan rings is 1. The molecule has 0 radical (unpaired) electrons. The third-order valence-electron chi connectivity index (χ3n) is 3.90. The van der Waals surface area contributed by atoms with Crippen LogP contribution in [-0.2, 0) is 0 Å². The van der Waals surface area contributed by atoms with Gasteiger partial charge in [0.1, 0.15) is 28.7 Å². The Morgan fingerprint density at radius 2 is 2.07 bits per heavy atom. The molecule has 0 aromatic carbocycles. The summed E-state index contributed by atoms with van der Waals surface area (Å²) >= 11 is 1.29. The number of carbonyl (C=O) groups is 1. The van der Waals surface area contributed by atoms with Crippen molar-refractivity contribution in [1.82, 2.24) is 14.5 Å². The first kappa shape index (κ1) is 16.8. The minimum atomic E-state index is -0.437. The molecule has 4 heterocycles. The second-order valence-corrected chi connectivity index (χ2v) is 6.48. The summed E-state index contributed by atoms with van der Waals surface area (Å²) in [7, 11) is 0. The van der Waals surface area contributed by atoms with Crippen LogP contribution in [0.25, 0.3) is 17.3 Å². The zero-order valence-corrected chi connectivity index (χ0v) is 15.0. The van der Waals surface area contributed by atoms with Crippen molar-refractivity contribution in [3.63, 3.8) is 0 Å². The summed E-state index contributed by atoms with van der Waals surface area (Å²) in [5.41, 5.74) is 1.79. The van der Waals surface area contributed by atoms with Crippen molar-refractivity contribution < 1.29 is 9.21 Å². The smallest absolute Gasteiger partial charge is 0.262 e. The van der Waals surface area contributed by atoms with Gasteiger partial charge in [-0.15, -0.1) is 11.3 Å². The lowest BCUT2D eigenvalue weighted by Gasteiger charge is -2.01. The number of nitrogens with one attached hydrogen (secondary N) is 1. The maximum absolute atomic E-state index is 12.8. The molecule has 0 saturated heterocycles. The van der Waals surface area contributed by atoms with E-state index >= 15 is 0 Å². The Morgan fingerprint density at radius 1 is 1.26 bits per heavy atom. The average molecular weight is 375 g/mol. The second-order valence-electron chi connectivity index (χ2n) is 5.62. The number of nitrogens with zero attached hydrogens (tertiary/aromatic N) is 4. The molecular weight excluding hydrogens is 362 g/mol. The molecule has 0 unspecified atom stereocenters. The first-order valence-corrected chi connectivity index (χ1v) is 8.90. The molecule has 27 heavy (non-hydrogen) atoms. The topological polar surface area (TPSA) is 96.7 Å². The number of pyridine rings is 1. The van der Waals surface area contributed by atoms with Crippen LogP contribution in [0.5, 0.6) is 0 Å². The van der Waals surface area contributed by atoms with E-state index in [1.165, 1.54) is 11.3 Å². The molecule has 132 valence electrons. The van der Waals surface area contributed by atoms with Gasteiger partial charge in [-0.2, -0.15) is 5.26 Å². The summed E-state index contributed by atoms with van der Waals surface area (Å²) in [5.74, 6) is 0.251. The lowest BCUT2D eigenvalue weighted by Crippen LogP contribution is -2.13. The Labute approximate surface area is 158 Å². The highest BCUT2D eigenvalue weighted by molar-refractivity contribution is 7.14. The molecule has 0 saturated carbocycles. The number of rotatable bonds is 4. The van der Waals surface area contributed by atoms with Crippen molar-refractivity contribution in [3.05, 3.63) is 71.2 Å².